The molecule has 0 spiro atoms. The van der Waals surface area contributed by atoms with Crippen LogP contribution in [0.4, 0.5) is 0 Å². The van der Waals surface area contributed by atoms with Crippen LogP contribution in [0.25, 0.3) is 0 Å². The maximum atomic E-state index is 13.1. The summed E-state index contributed by atoms with van der Waals surface area (Å²) < 4.78 is 2.06. The molecular weight excluding hydrogens is 560 g/mol. The summed E-state index contributed by atoms with van der Waals surface area (Å²) in [6, 6.07) is 10.0. The van der Waals surface area contributed by atoms with Crippen molar-refractivity contribution < 1.29 is 9.59 Å². The van der Waals surface area contributed by atoms with Crippen molar-refractivity contribution in [1.82, 2.24) is 24.3 Å². The van der Waals surface area contributed by atoms with E-state index in [1.165, 1.54) is 25.9 Å². The number of carbonyl (C=O) groups excluding carboxylic acids is 2. The number of carbonyl (C=O) groups is 2. The van der Waals surface area contributed by atoms with Crippen LogP contribution in [0, 0.1) is 17.2 Å². The third-order valence-corrected chi connectivity index (χ3v) is 8.37. The molecule has 2 saturated heterocycles. The molecule has 1 aromatic carbocycles. The van der Waals surface area contributed by atoms with Crippen molar-refractivity contribution in [3.05, 3.63) is 76.9 Å². The Morgan fingerprint density at radius 3 is 2.79 bits per heavy atom. The van der Waals surface area contributed by atoms with E-state index < -0.39 is 0 Å². The quantitative estimate of drug-likeness (QED) is 0.161. The highest BCUT2D eigenvalue weighted by Crippen LogP contribution is 2.24. The first-order chi connectivity index (χ1) is 20.9. The van der Waals surface area contributed by atoms with Gasteiger partial charge in [-0.1, -0.05) is 56.2 Å². The van der Waals surface area contributed by atoms with Gasteiger partial charge in [0.25, 0.3) is 0 Å². The fraction of sp³-hybridized carbons (Fsp3) is 0.529. The van der Waals surface area contributed by atoms with Crippen LogP contribution in [0.15, 0.2) is 60.6 Å². The molecule has 4 rings (SSSR count). The van der Waals surface area contributed by atoms with Crippen molar-refractivity contribution in [2.45, 2.75) is 77.9 Å². The predicted octanol–water partition coefficient (Wildman–Crippen LogP) is 5.88. The number of hydrogen-bond acceptors (Lipinski definition) is 5. The first-order valence-electron chi connectivity index (χ1n) is 15.5. The third kappa shape index (κ3) is 11.3. The van der Waals surface area contributed by atoms with Gasteiger partial charge in [0.15, 0.2) is 0 Å². The summed E-state index contributed by atoms with van der Waals surface area (Å²) in [7, 11) is 1.73. The number of aromatic nitrogens is 2. The van der Waals surface area contributed by atoms with Gasteiger partial charge in [0.1, 0.15) is 0 Å². The largest absolute Gasteiger partial charge is 0.344 e. The van der Waals surface area contributed by atoms with Crippen molar-refractivity contribution >= 4 is 23.9 Å². The number of nitrogens with zero attached hydrogens (tertiary/aromatic N) is 6. The molecular formula is C34H47ClN6O2. The third-order valence-electron chi connectivity index (χ3n) is 8.13. The normalized spacial score (nSPS) is 18.9. The molecule has 43 heavy (non-hydrogen) atoms. The fourth-order valence-electron chi connectivity index (χ4n) is 5.77. The Hall–Kier alpha value is -3.41. The molecule has 2 aliphatic heterocycles. The van der Waals surface area contributed by atoms with Crippen LogP contribution in [0.3, 0.4) is 0 Å². The molecule has 9 heteroatoms. The van der Waals surface area contributed by atoms with Gasteiger partial charge < -0.3 is 19.3 Å². The van der Waals surface area contributed by atoms with Gasteiger partial charge in [-0.2, -0.15) is 5.26 Å². The van der Waals surface area contributed by atoms with Crippen molar-refractivity contribution in [1.29, 1.82) is 5.26 Å². The van der Waals surface area contributed by atoms with Gasteiger partial charge in [0.2, 0.25) is 12.3 Å². The van der Waals surface area contributed by atoms with Crippen molar-refractivity contribution in [3.63, 3.8) is 0 Å². The van der Waals surface area contributed by atoms with Gasteiger partial charge in [0.05, 0.1) is 18.8 Å². The maximum absolute atomic E-state index is 13.1. The molecule has 2 fully saturated rings. The summed E-state index contributed by atoms with van der Waals surface area (Å²) in [4.78, 5) is 33.9. The van der Waals surface area contributed by atoms with E-state index in [9.17, 15) is 9.59 Å². The van der Waals surface area contributed by atoms with E-state index in [1.54, 1.807) is 18.3 Å². The summed E-state index contributed by atoms with van der Waals surface area (Å²) in [5.74, 6) is 1.05. The van der Waals surface area contributed by atoms with E-state index >= 15 is 0 Å². The topological polar surface area (TPSA) is 85.5 Å². The number of imidazole rings is 1. The highest BCUT2D eigenvalue weighted by atomic mass is 35.5. The number of likely N-dealkylation sites (tertiary alicyclic amines) is 2. The number of amides is 2. The zero-order chi connectivity index (χ0) is 31.0. The lowest BCUT2D eigenvalue weighted by molar-refractivity contribution is -0.131. The highest BCUT2D eigenvalue weighted by molar-refractivity contribution is 6.30. The minimum absolute atomic E-state index is 0.226. The predicted molar refractivity (Wildman–Crippen MR) is 172 cm³/mol. The van der Waals surface area contributed by atoms with Gasteiger partial charge >= 0.3 is 0 Å². The number of aryl methyl sites for hydroxylation is 1. The molecule has 0 aliphatic carbocycles. The molecule has 3 heterocycles. The molecule has 2 atom stereocenters. The molecule has 2 aliphatic rings. The lowest BCUT2D eigenvalue weighted by Gasteiger charge is -2.29. The van der Waals surface area contributed by atoms with Crippen LogP contribution in [-0.2, 0) is 29.1 Å². The summed E-state index contributed by atoms with van der Waals surface area (Å²) in [5, 5.41) is 9.79. The lowest BCUT2D eigenvalue weighted by Crippen LogP contribution is -2.43. The zero-order valence-electron chi connectivity index (χ0n) is 26.0. The monoisotopic (exact) mass is 606 g/mol. The first kappa shape index (κ1) is 34.1. The smallest absolute Gasteiger partial charge is 0.228 e. The number of rotatable bonds is 13. The summed E-state index contributed by atoms with van der Waals surface area (Å²) in [6.45, 7) is 9.95. The average Bonchev–Trinajstić information content (AvgIpc) is 3.77. The zero-order valence-corrected chi connectivity index (χ0v) is 26.8. The van der Waals surface area contributed by atoms with Crippen molar-refractivity contribution in [3.8, 4) is 6.07 Å². The van der Waals surface area contributed by atoms with Crippen LogP contribution in [-0.4, -0.2) is 75.8 Å². The second-order valence-corrected chi connectivity index (χ2v) is 11.9. The van der Waals surface area contributed by atoms with Crippen molar-refractivity contribution in [2.75, 3.05) is 33.2 Å². The summed E-state index contributed by atoms with van der Waals surface area (Å²) in [5.41, 5.74) is 2.71. The van der Waals surface area contributed by atoms with Crippen LogP contribution in [0.2, 0.25) is 5.02 Å². The number of hydrogen-bond donors (Lipinski definition) is 0. The second-order valence-electron chi connectivity index (χ2n) is 11.5. The Labute approximate surface area is 262 Å². The van der Waals surface area contributed by atoms with Gasteiger partial charge in [-0.15, -0.1) is 0 Å². The van der Waals surface area contributed by atoms with Crippen LogP contribution in [0.5, 0.6) is 0 Å². The standard InChI is InChI=1S/C25H37N5O.C9H10ClNO/c1-3-8-22(16-26)9-5-6-12-29-20-27-17-24(29)15-25(31)30-13-7-10-23(30)19-28-14-11-21(4-2)18-28;1-11(7-12)6-8-3-2-4-9(10)5-8/h5,8-9,17,20-21,23H,3-4,6-7,10-15,18-19H2,1-2H3;2-5,7H,6H2,1H3/b9-5-,22-8+;/t21?,23-;/m0./s1. The molecule has 2 amide bonds. The molecule has 2 aromatic rings. The Balaban J connectivity index is 0.000000353. The van der Waals surface area contributed by atoms with Crippen molar-refractivity contribution in [2.24, 2.45) is 5.92 Å². The van der Waals surface area contributed by atoms with E-state index in [4.69, 9.17) is 16.9 Å². The molecule has 0 saturated carbocycles. The molecule has 1 aromatic heterocycles. The Bertz CT molecular complexity index is 1270. The number of allylic oxidation sites excluding steroid dienone is 4. The SMILES string of the molecule is CC/C=C(C#N)\C=C/CCn1cncc1CC(=O)N1CCC[C@H]1CN1CCC(CC)C1.CN(C=O)Cc1cccc(Cl)c1. The van der Waals surface area contributed by atoms with Crippen LogP contribution in [0.1, 0.15) is 63.6 Å². The van der Waals surface area contributed by atoms with Gasteiger partial charge in [-0.3, -0.25) is 9.59 Å². The van der Waals surface area contributed by atoms with Gasteiger partial charge in [-0.25, -0.2) is 4.98 Å². The van der Waals surface area contributed by atoms with E-state index in [0.717, 1.165) is 68.9 Å². The molecule has 0 N–H and O–H groups in total. The lowest BCUT2D eigenvalue weighted by atomic mass is 10.1. The van der Waals surface area contributed by atoms with E-state index in [-0.39, 0.29) is 5.91 Å². The molecule has 1 unspecified atom stereocenters. The first-order valence-corrected chi connectivity index (χ1v) is 15.9. The fourth-order valence-corrected chi connectivity index (χ4v) is 5.99. The minimum Gasteiger partial charge on any atom is -0.344 e. The van der Waals surface area contributed by atoms with Crippen LogP contribution < -0.4 is 0 Å². The Kier molecular flexibility index (Phi) is 14.5. The number of halogens is 1. The Morgan fingerprint density at radius 1 is 1.26 bits per heavy atom. The molecule has 0 bridgehead atoms. The average molecular weight is 607 g/mol. The van der Waals surface area contributed by atoms with E-state index in [2.05, 4.69) is 32.3 Å². The van der Waals surface area contributed by atoms with Crippen LogP contribution >= 0.6 is 11.6 Å². The van der Waals surface area contributed by atoms with Gasteiger partial charge in [-0.05, 0) is 68.3 Å². The van der Waals surface area contributed by atoms with E-state index in [0.29, 0.717) is 29.6 Å². The summed E-state index contributed by atoms with van der Waals surface area (Å²) in [6.07, 6.45) is 17.1. The highest BCUT2D eigenvalue weighted by Gasteiger charge is 2.32. The summed E-state index contributed by atoms with van der Waals surface area (Å²) >= 11 is 5.76. The Morgan fingerprint density at radius 2 is 2.09 bits per heavy atom. The molecule has 0 radical (unpaired) electrons. The number of benzene rings is 1. The maximum Gasteiger partial charge on any atom is 0.228 e. The minimum atomic E-state index is 0.226. The molecule has 8 nitrogen and oxygen atoms in total. The van der Waals surface area contributed by atoms with E-state index in [1.807, 2.05) is 55.6 Å². The van der Waals surface area contributed by atoms with Gasteiger partial charge in [0, 0.05) is 68.3 Å². The number of nitriles is 1. The second kappa shape index (κ2) is 18.3. The molecule has 232 valence electrons.